The molecule has 0 aliphatic carbocycles. The molecule has 146 valence electrons. The van der Waals surface area contributed by atoms with Gasteiger partial charge in [0, 0.05) is 10.6 Å². The van der Waals surface area contributed by atoms with E-state index >= 15 is 0 Å². The molecule has 1 heterocycles. The number of hydrogen-bond donors (Lipinski definition) is 0. The van der Waals surface area contributed by atoms with E-state index in [1.165, 1.54) is 5.56 Å². The van der Waals surface area contributed by atoms with Gasteiger partial charge in [0.05, 0.1) is 17.6 Å². The highest BCUT2D eigenvalue weighted by Crippen LogP contribution is 2.20. The molecule has 3 aromatic carbocycles. The number of ketones is 1. The first-order valence-electron chi connectivity index (χ1n) is 9.58. The minimum atomic E-state index is -0.00151. The Labute approximate surface area is 174 Å². The zero-order valence-corrected chi connectivity index (χ0v) is 16.9. The van der Waals surface area contributed by atoms with Crippen LogP contribution >= 0.6 is 11.6 Å². The largest absolute Gasteiger partial charge is 0.486 e. The van der Waals surface area contributed by atoms with E-state index in [1.54, 1.807) is 24.3 Å². The summed E-state index contributed by atoms with van der Waals surface area (Å²) >= 11 is 5.94. The maximum atomic E-state index is 12.8. The lowest BCUT2D eigenvalue weighted by Gasteiger charge is -2.10. The van der Waals surface area contributed by atoms with Crippen LogP contribution in [-0.4, -0.2) is 15.3 Å². The van der Waals surface area contributed by atoms with Crippen LogP contribution in [0.5, 0.6) is 5.75 Å². The topological polar surface area (TPSA) is 44.1 Å². The van der Waals surface area contributed by atoms with Crippen molar-refractivity contribution in [2.45, 2.75) is 26.5 Å². The molecular weight excluding hydrogens is 384 g/mol. The van der Waals surface area contributed by atoms with Crippen LogP contribution in [0.4, 0.5) is 0 Å². The van der Waals surface area contributed by atoms with Crippen molar-refractivity contribution in [3.63, 3.8) is 0 Å². The summed E-state index contributed by atoms with van der Waals surface area (Å²) in [6, 6.07) is 22.8. The van der Waals surface area contributed by atoms with E-state index in [1.807, 2.05) is 41.0 Å². The molecule has 4 nitrogen and oxygen atoms in total. The van der Waals surface area contributed by atoms with Crippen LogP contribution in [0.25, 0.3) is 11.0 Å². The van der Waals surface area contributed by atoms with E-state index in [-0.39, 0.29) is 18.9 Å². The van der Waals surface area contributed by atoms with Gasteiger partial charge in [-0.3, -0.25) is 4.79 Å². The number of carbonyl (C=O) groups is 1. The maximum absolute atomic E-state index is 12.8. The molecule has 0 aliphatic rings. The van der Waals surface area contributed by atoms with Gasteiger partial charge < -0.3 is 9.30 Å². The van der Waals surface area contributed by atoms with Gasteiger partial charge in [0.1, 0.15) is 18.2 Å². The van der Waals surface area contributed by atoms with Gasteiger partial charge >= 0.3 is 0 Å². The first-order valence-corrected chi connectivity index (χ1v) is 9.96. The highest BCUT2D eigenvalue weighted by Gasteiger charge is 2.15. The number of aromatic nitrogens is 2. The lowest BCUT2D eigenvalue weighted by molar-refractivity contribution is 0.0971. The summed E-state index contributed by atoms with van der Waals surface area (Å²) < 4.78 is 7.88. The first kappa shape index (κ1) is 19.2. The zero-order valence-electron chi connectivity index (χ0n) is 16.1. The number of aryl methyl sites for hydroxylation is 1. The van der Waals surface area contributed by atoms with Crippen molar-refractivity contribution in [2.75, 3.05) is 0 Å². The average molecular weight is 405 g/mol. The lowest BCUT2D eigenvalue weighted by Crippen LogP contribution is -2.14. The Hall–Kier alpha value is -3.11. The van der Waals surface area contributed by atoms with E-state index in [0.29, 0.717) is 16.4 Å². The molecule has 0 amide bonds. The summed E-state index contributed by atoms with van der Waals surface area (Å²) in [4.78, 5) is 17.5. The maximum Gasteiger partial charge on any atom is 0.182 e. The number of para-hydroxylation sites is 2. The molecule has 4 rings (SSSR count). The molecule has 0 saturated heterocycles. The molecule has 4 aromatic rings. The number of fused-ring (bicyclic) bond motifs is 1. The van der Waals surface area contributed by atoms with Gasteiger partial charge in [-0.05, 0) is 60.5 Å². The Morgan fingerprint density at radius 1 is 1.00 bits per heavy atom. The van der Waals surface area contributed by atoms with Gasteiger partial charge in [0.15, 0.2) is 5.78 Å². The molecule has 1 aromatic heterocycles. The zero-order chi connectivity index (χ0) is 20.2. The summed E-state index contributed by atoms with van der Waals surface area (Å²) in [5.41, 5.74) is 3.64. The Kier molecular flexibility index (Phi) is 5.63. The molecule has 0 fully saturated rings. The fourth-order valence-corrected chi connectivity index (χ4v) is 3.38. The van der Waals surface area contributed by atoms with Crippen LogP contribution < -0.4 is 4.74 Å². The Morgan fingerprint density at radius 3 is 2.45 bits per heavy atom. The van der Waals surface area contributed by atoms with Crippen molar-refractivity contribution in [3.05, 3.63) is 94.8 Å². The van der Waals surface area contributed by atoms with Crippen LogP contribution in [0.15, 0.2) is 72.8 Å². The second-order valence-corrected chi connectivity index (χ2v) is 7.26. The summed E-state index contributed by atoms with van der Waals surface area (Å²) in [6.45, 7) is 2.60. The molecule has 0 radical (unpaired) electrons. The molecule has 0 atom stereocenters. The molecule has 0 aliphatic heterocycles. The minimum absolute atomic E-state index is 0.00151. The standard InChI is InChI=1S/C24H21ClN2O2/c1-2-17-7-13-20(14-8-17)29-16-24-26-21-5-3-4-6-22(21)27(24)15-23(28)18-9-11-19(25)12-10-18/h3-14H,2,15-16H2,1H3. The molecule has 0 N–H and O–H groups in total. The predicted octanol–water partition coefficient (Wildman–Crippen LogP) is 5.71. The molecule has 29 heavy (non-hydrogen) atoms. The first-order chi connectivity index (χ1) is 14.1. The van der Waals surface area contributed by atoms with Crippen molar-refractivity contribution in [1.82, 2.24) is 9.55 Å². The SMILES string of the molecule is CCc1ccc(OCc2nc3ccccc3n2CC(=O)c2ccc(Cl)cc2)cc1. The molecule has 0 spiro atoms. The van der Waals surface area contributed by atoms with E-state index in [0.717, 1.165) is 23.2 Å². The third kappa shape index (κ3) is 4.33. The summed E-state index contributed by atoms with van der Waals surface area (Å²) in [7, 11) is 0. The summed E-state index contributed by atoms with van der Waals surface area (Å²) in [5, 5.41) is 0.609. The molecular formula is C24H21ClN2O2. The highest BCUT2D eigenvalue weighted by molar-refractivity contribution is 6.30. The van der Waals surface area contributed by atoms with Gasteiger partial charge in [-0.1, -0.05) is 42.8 Å². The summed E-state index contributed by atoms with van der Waals surface area (Å²) in [5.74, 6) is 1.50. The number of nitrogens with zero attached hydrogens (tertiary/aromatic N) is 2. The fraction of sp³-hybridized carbons (Fsp3) is 0.167. The quantitative estimate of drug-likeness (QED) is 0.370. The molecule has 0 unspecified atom stereocenters. The van der Waals surface area contributed by atoms with Crippen molar-refractivity contribution in [1.29, 1.82) is 0 Å². The average Bonchev–Trinajstić information content (AvgIpc) is 3.10. The van der Waals surface area contributed by atoms with Crippen molar-refractivity contribution >= 4 is 28.4 Å². The number of carbonyl (C=O) groups excluding carboxylic acids is 1. The van der Waals surface area contributed by atoms with Gasteiger partial charge in [-0.15, -0.1) is 0 Å². The monoisotopic (exact) mass is 404 g/mol. The third-order valence-corrected chi connectivity index (χ3v) is 5.15. The second kappa shape index (κ2) is 8.50. The van der Waals surface area contributed by atoms with Crippen LogP contribution in [-0.2, 0) is 19.6 Å². The number of imidazole rings is 1. The number of halogens is 1. The minimum Gasteiger partial charge on any atom is -0.486 e. The van der Waals surface area contributed by atoms with Gasteiger partial charge in [0.25, 0.3) is 0 Å². The van der Waals surface area contributed by atoms with Crippen LogP contribution in [0.3, 0.4) is 0 Å². The normalized spacial score (nSPS) is 11.0. The van der Waals surface area contributed by atoms with E-state index in [9.17, 15) is 4.79 Å². The van der Waals surface area contributed by atoms with E-state index in [2.05, 4.69) is 24.0 Å². The number of rotatable bonds is 7. The number of ether oxygens (including phenoxy) is 1. The Morgan fingerprint density at radius 2 is 1.72 bits per heavy atom. The number of benzene rings is 3. The highest BCUT2D eigenvalue weighted by atomic mass is 35.5. The van der Waals surface area contributed by atoms with Gasteiger partial charge in [-0.25, -0.2) is 4.98 Å². The Balaban J connectivity index is 1.59. The van der Waals surface area contributed by atoms with Gasteiger partial charge in [-0.2, -0.15) is 0 Å². The van der Waals surface area contributed by atoms with E-state index < -0.39 is 0 Å². The molecule has 5 heteroatoms. The van der Waals surface area contributed by atoms with Gasteiger partial charge in [0.2, 0.25) is 0 Å². The molecule has 0 saturated carbocycles. The van der Waals surface area contributed by atoms with E-state index in [4.69, 9.17) is 16.3 Å². The third-order valence-electron chi connectivity index (χ3n) is 4.90. The van der Waals surface area contributed by atoms with Crippen molar-refractivity contribution in [3.8, 4) is 5.75 Å². The van der Waals surface area contributed by atoms with Crippen LogP contribution in [0.2, 0.25) is 5.02 Å². The van der Waals surface area contributed by atoms with Crippen molar-refractivity contribution < 1.29 is 9.53 Å². The number of Topliss-reactive ketones (excluding diaryl/α,β-unsaturated/α-hetero) is 1. The number of hydrogen-bond acceptors (Lipinski definition) is 3. The summed E-state index contributed by atoms with van der Waals surface area (Å²) in [6.07, 6.45) is 0.989. The smallest absolute Gasteiger partial charge is 0.182 e. The fourth-order valence-electron chi connectivity index (χ4n) is 3.25. The predicted molar refractivity (Wildman–Crippen MR) is 116 cm³/mol. The molecule has 0 bridgehead atoms. The lowest BCUT2D eigenvalue weighted by atomic mass is 10.1. The van der Waals surface area contributed by atoms with Crippen LogP contribution in [0.1, 0.15) is 28.7 Å². The second-order valence-electron chi connectivity index (χ2n) is 6.82. The van der Waals surface area contributed by atoms with Crippen LogP contribution in [0, 0.1) is 0 Å². The van der Waals surface area contributed by atoms with Crippen molar-refractivity contribution in [2.24, 2.45) is 0 Å². The Bertz CT molecular complexity index is 1130.